The highest BCUT2D eigenvalue weighted by atomic mass is 79.9. The maximum Gasteiger partial charge on any atom is 0.225 e. The molecule has 4 rings (SSSR count). The SMILES string of the molecule is CN1C[C@H](C(N)=O)C=C2c3cccc4[nH]c(Br)c(c34)C[C@H]21. The maximum atomic E-state index is 11.6. The number of benzene rings is 1. The van der Waals surface area contributed by atoms with E-state index in [0.29, 0.717) is 12.6 Å². The standard InChI is InChI=1S/C16H16BrN3O/c1-20-7-8(16(18)21)5-10-9-3-2-4-12-14(9)11(6-13(10)20)15(17)19-12/h2-5,8,13,19H,6-7H2,1H3,(H2,18,21)/t8-,13-/m1/s1. The molecule has 1 amide bonds. The predicted octanol–water partition coefficient (Wildman–Crippen LogP) is 2.29. The summed E-state index contributed by atoms with van der Waals surface area (Å²) in [5.41, 5.74) is 10.4. The molecule has 0 radical (unpaired) electrons. The Hall–Kier alpha value is -1.59. The molecule has 0 bridgehead atoms. The molecule has 1 aliphatic carbocycles. The monoisotopic (exact) mass is 345 g/mol. The van der Waals surface area contributed by atoms with Gasteiger partial charge in [0.1, 0.15) is 0 Å². The van der Waals surface area contributed by atoms with E-state index in [2.05, 4.69) is 57.1 Å². The maximum absolute atomic E-state index is 11.6. The third-order valence-electron chi connectivity index (χ3n) is 4.71. The molecule has 4 nitrogen and oxygen atoms in total. The second-order valence-electron chi connectivity index (χ2n) is 5.94. The lowest BCUT2D eigenvalue weighted by atomic mass is 9.80. The Labute approximate surface area is 131 Å². The minimum atomic E-state index is -0.249. The third kappa shape index (κ3) is 1.80. The van der Waals surface area contributed by atoms with Gasteiger partial charge in [0.15, 0.2) is 0 Å². The van der Waals surface area contributed by atoms with Crippen LogP contribution in [0, 0.1) is 5.92 Å². The first kappa shape index (κ1) is 13.1. The minimum absolute atomic E-state index is 0.208. The van der Waals surface area contributed by atoms with Gasteiger partial charge in [0.05, 0.1) is 10.5 Å². The van der Waals surface area contributed by atoms with Gasteiger partial charge >= 0.3 is 0 Å². The predicted molar refractivity (Wildman–Crippen MR) is 86.8 cm³/mol. The van der Waals surface area contributed by atoms with Gasteiger partial charge in [0.25, 0.3) is 0 Å². The second kappa shape index (κ2) is 4.45. The summed E-state index contributed by atoms with van der Waals surface area (Å²) in [7, 11) is 2.07. The normalized spacial score (nSPS) is 24.8. The zero-order chi connectivity index (χ0) is 14.7. The van der Waals surface area contributed by atoms with Crippen molar-refractivity contribution in [2.75, 3.05) is 13.6 Å². The van der Waals surface area contributed by atoms with Crippen molar-refractivity contribution in [1.29, 1.82) is 0 Å². The summed E-state index contributed by atoms with van der Waals surface area (Å²) in [5, 5.41) is 1.27. The number of carbonyl (C=O) groups excluding carboxylic acids is 1. The molecule has 1 aromatic heterocycles. The molecule has 2 aromatic rings. The van der Waals surface area contributed by atoms with Crippen molar-refractivity contribution >= 4 is 38.3 Å². The van der Waals surface area contributed by atoms with E-state index in [-0.39, 0.29) is 11.8 Å². The zero-order valence-corrected chi connectivity index (χ0v) is 13.3. The number of H-pyrrole nitrogens is 1. The summed E-state index contributed by atoms with van der Waals surface area (Å²) in [6.45, 7) is 0.691. The summed E-state index contributed by atoms with van der Waals surface area (Å²) in [6.07, 6.45) is 3.02. The number of likely N-dealkylation sites (N-methyl/N-ethyl adjacent to an activating group) is 1. The Morgan fingerprint density at radius 3 is 3.05 bits per heavy atom. The van der Waals surface area contributed by atoms with E-state index >= 15 is 0 Å². The number of primary amides is 1. The van der Waals surface area contributed by atoms with Gasteiger partial charge in [-0.15, -0.1) is 0 Å². The number of carbonyl (C=O) groups is 1. The quantitative estimate of drug-likeness (QED) is 0.832. The number of aromatic nitrogens is 1. The number of aromatic amines is 1. The van der Waals surface area contributed by atoms with Crippen LogP contribution < -0.4 is 5.73 Å². The molecule has 1 aliphatic heterocycles. The van der Waals surface area contributed by atoms with E-state index in [0.717, 1.165) is 16.5 Å². The number of hydrogen-bond acceptors (Lipinski definition) is 2. The number of rotatable bonds is 1. The average Bonchev–Trinajstić information content (AvgIpc) is 2.77. The summed E-state index contributed by atoms with van der Waals surface area (Å²) in [5.74, 6) is -0.457. The molecule has 1 aromatic carbocycles. The molecule has 21 heavy (non-hydrogen) atoms. The number of hydrogen-bond donors (Lipinski definition) is 2. The minimum Gasteiger partial charge on any atom is -0.369 e. The van der Waals surface area contributed by atoms with Crippen LogP contribution in [-0.2, 0) is 11.2 Å². The molecule has 5 heteroatoms. The van der Waals surface area contributed by atoms with E-state index in [9.17, 15) is 4.79 Å². The highest BCUT2D eigenvalue weighted by Crippen LogP contribution is 2.43. The van der Waals surface area contributed by atoms with Crippen molar-refractivity contribution in [3.63, 3.8) is 0 Å². The van der Waals surface area contributed by atoms with Crippen LogP contribution in [0.1, 0.15) is 11.1 Å². The Kier molecular flexibility index (Phi) is 2.78. The molecule has 2 aliphatic rings. The molecule has 3 N–H and O–H groups in total. The van der Waals surface area contributed by atoms with Crippen molar-refractivity contribution in [3.8, 4) is 0 Å². The van der Waals surface area contributed by atoms with Crippen molar-refractivity contribution in [1.82, 2.24) is 9.88 Å². The van der Waals surface area contributed by atoms with Crippen LogP contribution in [0.3, 0.4) is 0 Å². The van der Waals surface area contributed by atoms with Crippen LogP contribution in [-0.4, -0.2) is 35.4 Å². The number of nitrogens with zero attached hydrogens (tertiary/aromatic N) is 1. The van der Waals surface area contributed by atoms with Crippen LogP contribution in [0.4, 0.5) is 0 Å². The fraction of sp³-hybridized carbons (Fsp3) is 0.312. The average molecular weight is 346 g/mol. The first-order valence-electron chi connectivity index (χ1n) is 7.07. The topological polar surface area (TPSA) is 62.1 Å². The number of fused-ring (bicyclic) bond motifs is 2. The van der Waals surface area contributed by atoms with E-state index < -0.39 is 0 Å². The van der Waals surface area contributed by atoms with E-state index in [1.165, 1.54) is 22.1 Å². The smallest absolute Gasteiger partial charge is 0.225 e. The molecular formula is C16H16BrN3O. The molecule has 0 unspecified atom stereocenters. The van der Waals surface area contributed by atoms with Crippen LogP contribution in [0.5, 0.6) is 0 Å². The first-order valence-corrected chi connectivity index (χ1v) is 7.86. The first-order chi connectivity index (χ1) is 10.1. The Morgan fingerprint density at radius 1 is 1.48 bits per heavy atom. The fourth-order valence-corrected chi connectivity index (χ4v) is 4.25. The number of halogens is 1. The summed E-state index contributed by atoms with van der Waals surface area (Å²) in [4.78, 5) is 17.2. The molecule has 2 heterocycles. The van der Waals surface area contributed by atoms with Crippen LogP contribution >= 0.6 is 15.9 Å². The van der Waals surface area contributed by atoms with E-state index in [4.69, 9.17) is 5.73 Å². The van der Waals surface area contributed by atoms with Crippen LogP contribution in [0.25, 0.3) is 16.5 Å². The van der Waals surface area contributed by atoms with E-state index in [1.54, 1.807) is 0 Å². The van der Waals surface area contributed by atoms with Crippen LogP contribution in [0.2, 0.25) is 0 Å². The van der Waals surface area contributed by atoms with Gasteiger partial charge in [-0.3, -0.25) is 9.69 Å². The largest absolute Gasteiger partial charge is 0.369 e. The van der Waals surface area contributed by atoms with E-state index in [1.807, 2.05) is 0 Å². The lowest BCUT2D eigenvalue weighted by molar-refractivity contribution is -0.121. The molecule has 0 spiro atoms. The highest BCUT2D eigenvalue weighted by molar-refractivity contribution is 9.10. The Morgan fingerprint density at radius 2 is 2.29 bits per heavy atom. The second-order valence-corrected chi connectivity index (χ2v) is 6.73. The number of nitrogens with two attached hydrogens (primary N) is 1. The highest BCUT2D eigenvalue weighted by Gasteiger charge is 2.35. The van der Waals surface area contributed by atoms with Crippen molar-refractivity contribution in [3.05, 3.63) is 40.0 Å². The van der Waals surface area contributed by atoms with Gasteiger partial charge in [0.2, 0.25) is 5.91 Å². The molecule has 108 valence electrons. The van der Waals surface area contributed by atoms with Crippen molar-refractivity contribution in [2.45, 2.75) is 12.5 Å². The third-order valence-corrected chi connectivity index (χ3v) is 5.38. The van der Waals surface area contributed by atoms with Crippen molar-refractivity contribution < 1.29 is 4.79 Å². The molecule has 0 saturated carbocycles. The Balaban J connectivity index is 1.99. The van der Waals surface area contributed by atoms with Crippen molar-refractivity contribution in [2.24, 2.45) is 11.7 Å². The molecular weight excluding hydrogens is 330 g/mol. The number of amides is 1. The Bertz CT molecular complexity index is 792. The molecule has 0 fully saturated rings. The molecule has 0 saturated heterocycles. The van der Waals surface area contributed by atoms with Gasteiger partial charge in [-0.1, -0.05) is 18.2 Å². The fourth-order valence-electron chi connectivity index (χ4n) is 3.67. The lowest BCUT2D eigenvalue weighted by Gasteiger charge is -2.39. The van der Waals surface area contributed by atoms with Gasteiger partial charge < -0.3 is 10.7 Å². The summed E-state index contributed by atoms with van der Waals surface area (Å²) in [6, 6.07) is 6.60. The zero-order valence-electron chi connectivity index (χ0n) is 11.7. The van der Waals surface area contributed by atoms with Gasteiger partial charge in [-0.2, -0.15) is 0 Å². The van der Waals surface area contributed by atoms with Gasteiger partial charge in [-0.05, 0) is 52.2 Å². The molecule has 2 atom stereocenters. The van der Waals surface area contributed by atoms with Gasteiger partial charge in [0, 0.05) is 23.5 Å². The van der Waals surface area contributed by atoms with Crippen LogP contribution in [0.15, 0.2) is 28.9 Å². The number of nitrogens with one attached hydrogen (secondary N) is 1. The summed E-state index contributed by atoms with van der Waals surface area (Å²) >= 11 is 3.64. The van der Waals surface area contributed by atoms with Gasteiger partial charge in [-0.25, -0.2) is 0 Å². The lowest BCUT2D eigenvalue weighted by Crippen LogP contribution is -2.45. The summed E-state index contributed by atoms with van der Waals surface area (Å²) < 4.78 is 1.06.